The Bertz CT molecular complexity index is 650. The van der Waals surface area contributed by atoms with E-state index in [-0.39, 0.29) is 5.82 Å². The monoisotopic (exact) mass is 319 g/mol. The molecule has 5 heteroatoms. The largest absolute Gasteiger partial charge is 0.366 e. The summed E-state index contributed by atoms with van der Waals surface area (Å²) < 4.78 is 14.0. The quantitative estimate of drug-likeness (QED) is 0.936. The Morgan fingerprint density at radius 3 is 2.89 bits per heavy atom. The molecule has 0 radical (unpaired) electrons. The minimum atomic E-state index is -0.282. The first-order chi connectivity index (χ1) is 9.08. The molecule has 0 saturated carbocycles. The van der Waals surface area contributed by atoms with Gasteiger partial charge in [-0.15, -0.1) is 0 Å². The average molecular weight is 320 g/mol. The molecule has 0 bridgehead atoms. The summed E-state index contributed by atoms with van der Waals surface area (Å²) in [5, 5.41) is 12.0. The number of aromatic nitrogens is 1. The third kappa shape index (κ3) is 3.52. The summed E-state index contributed by atoms with van der Waals surface area (Å²) in [5.74, 6) is 0.322. The topological polar surface area (TPSA) is 48.7 Å². The number of rotatable bonds is 3. The molecule has 1 heterocycles. The van der Waals surface area contributed by atoms with Crippen molar-refractivity contribution in [1.82, 2.24) is 4.98 Å². The molecule has 2 rings (SSSR count). The first-order valence-corrected chi connectivity index (χ1v) is 6.44. The summed E-state index contributed by atoms with van der Waals surface area (Å²) >= 11 is 3.37. The fourth-order valence-corrected chi connectivity index (χ4v) is 2.08. The molecule has 1 aromatic heterocycles. The molecular formula is C14H11BrFN3. The predicted molar refractivity (Wildman–Crippen MR) is 75.1 cm³/mol. The number of benzene rings is 1. The Kier molecular flexibility index (Phi) is 4.13. The smallest absolute Gasteiger partial charge is 0.127 e. The molecule has 3 nitrogen and oxygen atoms in total. The summed E-state index contributed by atoms with van der Waals surface area (Å²) in [7, 11) is 0. The lowest BCUT2D eigenvalue weighted by Gasteiger charge is -2.08. The van der Waals surface area contributed by atoms with E-state index in [2.05, 4.69) is 32.3 Å². The number of halogens is 2. The zero-order valence-electron chi connectivity index (χ0n) is 10.2. The number of hydrogen-bond acceptors (Lipinski definition) is 3. The highest BCUT2D eigenvalue weighted by atomic mass is 79.9. The fraction of sp³-hybridized carbons (Fsp3) is 0.143. The van der Waals surface area contributed by atoms with Crippen LogP contribution in [0.2, 0.25) is 0 Å². The fourth-order valence-electron chi connectivity index (χ4n) is 1.69. The second-order valence-corrected chi connectivity index (χ2v) is 4.94. The lowest BCUT2D eigenvalue weighted by Crippen LogP contribution is -2.03. The minimum Gasteiger partial charge on any atom is -0.366 e. The number of hydrogen-bond donors (Lipinski definition) is 1. The summed E-state index contributed by atoms with van der Waals surface area (Å²) in [6.45, 7) is 2.25. The van der Waals surface area contributed by atoms with Gasteiger partial charge in [-0.25, -0.2) is 9.37 Å². The highest BCUT2D eigenvalue weighted by Crippen LogP contribution is 2.19. The third-order valence-corrected chi connectivity index (χ3v) is 3.32. The van der Waals surface area contributed by atoms with E-state index in [1.54, 1.807) is 18.2 Å². The average Bonchev–Trinajstić information content (AvgIpc) is 2.39. The second kappa shape index (κ2) is 5.81. The highest BCUT2D eigenvalue weighted by Gasteiger charge is 2.04. The van der Waals surface area contributed by atoms with Crippen LogP contribution in [0.1, 0.15) is 16.8 Å². The number of nitriles is 1. The normalized spacial score (nSPS) is 10.0. The van der Waals surface area contributed by atoms with E-state index in [1.165, 1.54) is 12.1 Å². The Morgan fingerprint density at radius 1 is 1.37 bits per heavy atom. The number of aryl methyl sites for hydroxylation is 1. The maximum absolute atomic E-state index is 13.1. The van der Waals surface area contributed by atoms with Crippen LogP contribution in [0.4, 0.5) is 10.2 Å². The van der Waals surface area contributed by atoms with Crippen molar-refractivity contribution in [1.29, 1.82) is 5.26 Å². The van der Waals surface area contributed by atoms with Crippen LogP contribution in [0.25, 0.3) is 0 Å². The molecule has 0 amide bonds. The molecule has 0 unspecified atom stereocenters. The van der Waals surface area contributed by atoms with Crippen molar-refractivity contribution in [2.45, 2.75) is 13.5 Å². The van der Waals surface area contributed by atoms with Gasteiger partial charge in [-0.1, -0.05) is 15.9 Å². The Hall–Kier alpha value is -1.93. The van der Waals surface area contributed by atoms with Crippen molar-refractivity contribution in [3.8, 4) is 6.07 Å². The number of nitrogens with zero attached hydrogens (tertiary/aromatic N) is 2. The maximum atomic E-state index is 13.1. The molecule has 0 saturated heterocycles. The lowest BCUT2D eigenvalue weighted by molar-refractivity contribution is 0.625. The second-order valence-electron chi connectivity index (χ2n) is 4.08. The molecule has 0 spiro atoms. The van der Waals surface area contributed by atoms with Crippen molar-refractivity contribution in [3.05, 3.63) is 57.4 Å². The van der Waals surface area contributed by atoms with Crippen LogP contribution in [0.5, 0.6) is 0 Å². The van der Waals surface area contributed by atoms with Gasteiger partial charge in [0.15, 0.2) is 0 Å². The molecule has 0 aliphatic heterocycles. The van der Waals surface area contributed by atoms with Crippen LogP contribution >= 0.6 is 15.9 Å². The molecule has 1 N–H and O–H groups in total. The summed E-state index contributed by atoms with van der Waals surface area (Å²) in [6, 6.07) is 9.97. The van der Waals surface area contributed by atoms with Gasteiger partial charge < -0.3 is 5.32 Å². The van der Waals surface area contributed by atoms with Crippen LogP contribution in [0.15, 0.2) is 34.8 Å². The molecule has 0 aliphatic rings. The van der Waals surface area contributed by atoms with Gasteiger partial charge in [-0.2, -0.15) is 5.26 Å². The van der Waals surface area contributed by atoms with Crippen molar-refractivity contribution >= 4 is 21.7 Å². The van der Waals surface area contributed by atoms with Crippen LogP contribution < -0.4 is 5.32 Å². The molecule has 0 atom stereocenters. The van der Waals surface area contributed by atoms with Crippen molar-refractivity contribution in [2.24, 2.45) is 0 Å². The van der Waals surface area contributed by atoms with E-state index in [4.69, 9.17) is 5.26 Å². The minimum absolute atomic E-state index is 0.282. The van der Waals surface area contributed by atoms with Gasteiger partial charge in [0.2, 0.25) is 0 Å². The Morgan fingerprint density at radius 2 is 2.16 bits per heavy atom. The SMILES string of the molecule is Cc1cc(C#N)cc(NCc2cc(F)ccc2Br)n1. The van der Waals surface area contributed by atoms with Gasteiger partial charge in [0.25, 0.3) is 0 Å². The van der Waals surface area contributed by atoms with Crippen LogP contribution in [0.3, 0.4) is 0 Å². The van der Waals surface area contributed by atoms with E-state index >= 15 is 0 Å². The van der Waals surface area contributed by atoms with Crippen LogP contribution in [0, 0.1) is 24.1 Å². The molecule has 19 heavy (non-hydrogen) atoms. The first kappa shape index (κ1) is 13.5. The van der Waals surface area contributed by atoms with E-state index in [0.29, 0.717) is 17.9 Å². The molecule has 96 valence electrons. The van der Waals surface area contributed by atoms with Gasteiger partial charge >= 0.3 is 0 Å². The number of anilines is 1. The molecule has 2 aromatic rings. The van der Waals surface area contributed by atoms with E-state index < -0.39 is 0 Å². The summed E-state index contributed by atoms with van der Waals surface area (Å²) in [6.07, 6.45) is 0. The molecule has 1 aromatic carbocycles. The lowest BCUT2D eigenvalue weighted by atomic mass is 10.2. The van der Waals surface area contributed by atoms with Gasteiger partial charge in [0.1, 0.15) is 11.6 Å². The van der Waals surface area contributed by atoms with Crippen molar-refractivity contribution in [3.63, 3.8) is 0 Å². The van der Waals surface area contributed by atoms with Gasteiger partial charge in [0.05, 0.1) is 11.6 Å². The van der Waals surface area contributed by atoms with Gasteiger partial charge in [-0.3, -0.25) is 0 Å². The van der Waals surface area contributed by atoms with Crippen molar-refractivity contribution < 1.29 is 4.39 Å². The van der Waals surface area contributed by atoms with Crippen LogP contribution in [-0.4, -0.2) is 4.98 Å². The van der Waals surface area contributed by atoms with E-state index in [1.807, 2.05) is 6.92 Å². The summed E-state index contributed by atoms with van der Waals surface area (Å²) in [4.78, 5) is 4.28. The van der Waals surface area contributed by atoms with Crippen LogP contribution in [-0.2, 0) is 6.54 Å². The van der Waals surface area contributed by atoms with Gasteiger partial charge in [0, 0.05) is 16.7 Å². The van der Waals surface area contributed by atoms with Gasteiger partial charge in [-0.05, 0) is 42.8 Å². The third-order valence-electron chi connectivity index (χ3n) is 2.55. The first-order valence-electron chi connectivity index (χ1n) is 5.65. The Labute approximate surface area is 119 Å². The zero-order chi connectivity index (χ0) is 13.8. The number of pyridine rings is 1. The standard InChI is InChI=1S/C14H11BrFN3/c1-9-4-10(7-17)5-14(19-9)18-8-11-6-12(16)2-3-13(11)15/h2-6H,8H2,1H3,(H,18,19). The predicted octanol–water partition coefficient (Wildman–Crippen LogP) is 3.78. The Balaban J connectivity index is 2.17. The van der Waals surface area contributed by atoms with E-state index in [0.717, 1.165) is 15.7 Å². The summed E-state index contributed by atoms with van der Waals surface area (Å²) in [5.41, 5.74) is 2.11. The molecule has 0 fully saturated rings. The molecular weight excluding hydrogens is 309 g/mol. The zero-order valence-corrected chi connectivity index (χ0v) is 11.8. The van der Waals surface area contributed by atoms with Crippen molar-refractivity contribution in [2.75, 3.05) is 5.32 Å². The van der Waals surface area contributed by atoms with E-state index in [9.17, 15) is 4.39 Å². The number of nitrogens with one attached hydrogen (secondary N) is 1. The maximum Gasteiger partial charge on any atom is 0.127 e. The molecule has 0 aliphatic carbocycles. The highest BCUT2D eigenvalue weighted by molar-refractivity contribution is 9.10.